The molecule has 0 aromatic carbocycles. The summed E-state index contributed by atoms with van der Waals surface area (Å²) in [5.41, 5.74) is 4.46. The molecule has 0 aromatic rings. The molecule has 4 rings (SSSR count). The minimum atomic E-state index is -0.00491. The van der Waals surface area contributed by atoms with Gasteiger partial charge in [-0.1, -0.05) is 20.8 Å². The topological polar surface area (TPSA) is 71.0 Å². The van der Waals surface area contributed by atoms with Gasteiger partial charge in [-0.05, 0) is 62.7 Å². The maximum atomic E-state index is 11.8. The monoisotopic (exact) mass is 350 g/mol. The molecular weight excluding hydrogens is 314 g/mol. The molecule has 4 heteroatoms. The summed E-state index contributed by atoms with van der Waals surface area (Å²) in [7, 11) is 0. The predicted octanol–water partition coefficient (Wildman–Crippen LogP) is 3.00. The highest BCUT2D eigenvalue weighted by atomic mass is 16.5. The molecule has 0 amide bonds. The highest BCUT2D eigenvalue weighted by Crippen LogP contribution is 2.65. The molecule has 0 heterocycles. The molecule has 4 saturated carbocycles. The number of carbonyl (C=O) groups excluding carboxylic acids is 2. The Morgan fingerprint density at radius 1 is 1.20 bits per heavy atom. The van der Waals surface area contributed by atoms with E-state index < -0.39 is 0 Å². The zero-order chi connectivity index (χ0) is 18.4. The molecule has 0 radical (unpaired) electrons. The molecule has 0 aliphatic heterocycles. The first kappa shape index (κ1) is 18.9. The van der Waals surface area contributed by atoms with Gasteiger partial charge in [0.25, 0.3) is 0 Å². The van der Waals surface area contributed by atoms with Crippen LogP contribution in [0.5, 0.6) is 0 Å². The lowest BCUT2D eigenvalue weighted by Crippen LogP contribution is -2.68. The van der Waals surface area contributed by atoms with Crippen molar-refractivity contribution >= 4 is 11.8 Å². The first-order chi connectivity index (χ1) is 11.8. The van der Waals surface area contributed by atoms with E-state index in [2.05, 4.69) is 26.5 Å². The SMILES string of the molecule is CCOC(=O)C1C([NH3+])[C@@H]2CC[C@H]1C2.CC[C@]12CCC(CC1=O)C2(C)C. The summed E-state index contributed by atoms with van der Waals surface area (Å²) in [6.07, 6.45) is 8.04. The number of fused-ring (bicyclic) bond motifs is 4. The minimum Gasteiger partial charge on any atom is -0.466 e. The van der Waals surface area contributed by atoms with Gasteiger partial charge < -0.3 is 10.5 Å². The molecule has 3 unspecified atom stereocenters. The van der Waals surface area contributed by atoms with E-state index in [4.69, 9.17) is 4.74 Å². The standard InChI is InChI=1S/C11H18O.C10H17NO2/c1-4-11-6-5-8(7-9(11)12)10(11,2)3;1-2-13-10(12)8-6-3-4-7(5-6)9(8)11/h8H,4-7H2,1-3H3;6-9H,2-5,11H2,1H3/p+1/t8?,11-;6-,7+,8?,9?/m00/s1. The molecule has 0 aromatic heterocycles. The molecule has 4 fully saturated rings. The van der Waals surface area contributed by atoms with E-state index in [-0.39, 0.29) is 17.3 Å². The van der Waals surface area contributed by atoms with E-state index >= 15 is 0 Å². The summed E-state index contributed by atoms with van der Waals surface area (Å²) in [4.78, 5) is 23.4. The molecule has 4 aliphatic carbocycles. The van der Waals surface area contributed by atoms with Gasteiger partial charge in [0.05, 0.1) is 6.61 Å². The molecule has 4 nitrogen and oxygen atoms in total. The van der Waals surface area contributed by atoms with Gasteiger partial charge in [0.15, 0.2) is 0 Å². The van der Waals surface area contributed by atoms with Gasteiger partial charge in [0.1, 0.15) is 17.7 Å². The van der Waals surface area contributed by atoms with Crippen LogP contribution in [-0.2, 0) is 14.3 Å². The second kappa shape index (κ2) is 6.68. The number of esters is 1. The highest BCUT2D eigenvalue weighted by molar-refractivity contribution is 5.89. The number of carbonyl (C=O) groups is 2. The largest absolute Gasteiger partial charge is 0.466 e. The van der Waals surface area contributed by atoms with Crippen LogP contribution >= 0.6 is 0 Å². The normalized spacial score (nSPS) is 43.1. The van der Waals surface area contributed by atoms with Crippen molar-refractivity contribution in [3.63, 3.8) is 0 Å². The van der Waals surface area contributed by atoms with Crippen LogP contribution in [0.15, 0.2) is 0 Å². The highest BCUT2D eigenvalue weighted by Gasteiger charge is 2.62. The summed E-state index contributed by atoms with van der Waals surface area (Å²) in [6, 6.07) is 0.317. The Hall–Kier alpha value is -0.900. The molecule has 25 heavy (non-hydrogen) atoms. The fourth-order valence-electron chi connectivity index (χ4n) is 6.62. The average Bonchev–Trinajstić information content (AvgIpc) is 3.26. The summed E-state index contributed by atoms with van der Waals surface area (Å²) in [5, 5.41) is 0. The lowest BCUT2D eigenvalue weighted by Gasteiger charge is -2.35. The van der Waals surface area contributed by atoms with Crippen molar-refractivity contribution in [3.8, 4) is 0 Å². The Morgan fingerprint density at radius 2 is 1.88 bits per heavy atom. The Labute approximate surface area is 152 Å². The van der Waals surface area contributed by atoms with Gasteiger partial charge in [0, 0.05) is 17.8 Å². The summed E-state index contributed by atoms with van der Waals surface area (Å²) in [5.74, 6) is 2.61. The Kier molecular flexibility index (Phi) is 5.04. The fourth-order valence-corrected chi connectivity index (χ4v) is 6.62. The second-order valence-electron chi connectivity index (χ2n) is 9.30. The number of hydrogen-bond acceptors (Lipinski definition) is 3. The molecule has 6 atom stereocenters. The average molecular weight is 351 g/mol. The zero-order valence-electron chi connectivity index (χ0n) is 16.5. The fraction of sp³-hybridized carbons (Fsp3) is 0.905. The smallest absolute Gasteiger partial charge is 0.315 e. The van der Waals surface area contributed by atoms with Gasteiger partial charge in [0.2, 0.25) is 0 Å². The summed E-state index contributed by atoms with van der Waals surface area (Å²) < 4.78 is 5.07. The lowest BCUT2D eigenvalue weighted by atomic mass is 9.67. The molecular formula is C21H36NO3+. The maximum absolute atomic E-state index is 11.8. The number of ketones is 1. The summed E-state index contributed by atoms with van der Waals surface area (Å²) in [6.45, 7) is 9.12. The maximum Gasteiger partial charge on any atom is 0.315 e. The molecule has 4 aliphatic rings. The van der Waals surface area contributed by atoms with Gasteiger partial charge in [-0.15, -0.1) is 0 Å². The van der Waals surface area contributed by atoms with Crippen LogP contribution in [0, 0.1) is 34.5 Å². The third kappa shape index (κ3) is 2.75. The van der Waals surface area contributed by atoms with Crippen molar-refractivity contribution in [1.82, 2.24) is 0 Å². The van der Waals surface area contributed by atoms with Gasteiger partial charge in [-0.25, -0.2) is 0 Å². The number of rotatable bonds is 3. The first-order valence-corrected chi connectivity index (χ1v) is 10.3. The van der Waals surface area contributed by atoms with E-state index in [1.54, 1.807) is 0 Å². The van der Waals surface area contributed by atoms with Crippen molar-refractivity contribution in [2.75, 3.05) is 6.61 Å². The quantitative estimate of drug-likeness (QED) is 0.795. The van der Waals surface area contributed by atoms with Crippen LogP contribution in [0.25, 0.3) is 0 Å². The number of Topliss-reactive ketones (excluding diaryl/α,β-unsaturated/α-hetero) is 1. The van der Waals surface area contributed by atoms with Crippen LogP contribution in [0.1, 0.15) is 72.6 Å². The molecule has 4 bridgehead atoms. The first-order valence-electron chi connectivity index (χ1n) is 10.3. The zero-order valence-corrected chi connectivity index (χ0v) is 16.5. The van der Waals surface area contributed by atoms with Crippen LogP contribution in [-0.4, -0.2) is 24.4 Å². The van der Waals surface area contributed by atoms with E-state index in [0.29, 0.717) is 41.6 Å². The lowest BCUT2D eigenvalue weighted by molar-refractivity contribution is -0.440. The number of hydrogen-bond donors (Lipinski definition) is 1. The second-order valence-corrected chi connectivity index (χ2v) is 9.30. The van der Waals surface area contributed by atoms with Gasteiger partial charge >= 0.3 is 5.97 Å². The van der Waals surface area contributed by atoms with Gasteiger partial charge in [-0.3, -0.25) is 9.59 Å². The van der Waals surface area contributed by atoms with Crippen molar-refractivity contribution < 1.29 is 20.1 Å². The van der Waals surface area contributed by atoms with Crippen LogP contribution in [0.2, 0.25) is 0 Å². The molecule has 0 saturated heterocycles. The van der Waals surface area contributed by atoms with E-state index in [1.807, 2.05) is 6.92 Å². The van der Waals surface area contributed by atoms with Crippen LogP contribution in [0.3, 0.4) is 0 Å². The van der Waals surface area contributed by atoms with Crippen molar-refractivity contribution in [3.05, 3.63) is 0 Å². The Balaban J connectivity index is 0.000000146. The van der Waals surface area contributed by atoms with Crippen molar-refractivity contribution in [2.45, 2.75) is 78.7 Å². The van der Waals surface area contributed by atoms with E-state index in [1.165, 1.54) is 25.7 Å². The number of quaternary nitrogens is 1. The Bertz CT molecular complexity index is 541. The predicted molar refractivity (Wildman–Crippen MR) is 96.5 cm³/mol. The van der Waals surface area contributed by atoms with Crippen molar-refractivity contribution in [1.29, 1.82) is 0 Å². The minimum absolute atomic E-state index is 0.00491. The summed E-state index contributed by atoms with van der Waals surface area (Å²) >= 11 is 0. The van der Waals surface area contributed by atoms with E-state index in [9.17, 15) is 9.59 Å². The van der Waals surface area contributed by atoms with Crippen LogP contribution in [0.4, 0.5) is 0 Å². The van der Waals surface area contributed by atoms with E-state index in [0.717, 1.165) is 19.3 Å². The molecule has 0 spiro atoms. The van der Waals surface area contributed by atoms with Gasteiger partial charge in [-0.2, -0.15) is 0 Å². The Morgan fingerprint density at radius 3 is 2.28 bits per heavy atom. The van der Waals surface area contributed by atoms with Crippen LogP contribution < -0.4 is 5.73 Å². The molecule has 3 N–H and O–H groups in total. The number of ether oxygens (including phenoxy) is 1. The van der Waals surface area contributed by atoms with Crippen molar-refractivity contribution in [2.24, 2.45) is 34.5 Å². The molecule has 142 valence electrons. The third-order valence-electron chi connectivity index (χ3n) is 8.39. The third-order valence-corrected chi connectivity index (χ3v) is 8.39.